The molecule has 0 aliphatic carbocycles. The quantitative estimate of drug-likeness (QED) is 0.696. The molecule has 1 N–H and O–H groups in total. The van der Waals surface area contributed by atoms with E-state index in [2.05, 4.69) is 4.98 Å². The lowest BCUT2D eigenvalue weighted by Crippen LogP contribution is -2.16. The molecule has 0 bridgehead atoms. The number of benzene rings is 2. The van der Waals surface area contributed by atoms with Crippen LogP contribution >= 0.6 is 0 Å². The van der Waals surface area contributed by atoms with Crippen molar-refractivity contribution in [3.05, 3.63) is 52.4 Å². The van der Waals surface area contributed by atoms with Gasteiger partial charge in [-0.05, 0) is 29.1 Å². The number of hydrogen-bond acceptors (Lipinski definition) is 6. The summed E-state index contributed by atoms with van der Waals surface area (Å²) in [5.41, 5.74) is 0.798. The number of pyridine rings is 1. The second-order valence-corrected chi connectivity index (χ2v) is 5.66. The second-order valence-electron chi connectivity index (χ2n) is 5.66. The highest BCUT2D eigenvalue weighted by Crippen LogP contribution is 2.43. The Labute approximate surface area is 155 Å². The van der Waals surface area contributed by atoms with Gasteiger partial charge in [-0.15, -0.1) is 0 Å². The van der Waals surface area contributed by atoms with E-state index in [0.717, 1.165) is 0 Å². The minimum absolute atomic E-state index is 0.0514. The molecule has 0 fully saturated rings. The molecule has 7 nitrogen and oxygen atoms in total. The fraction of sp³-hybridized carbons (Fsp3) is 0.200. The number of carbonyl (C=O) groups excluding carboxylic acids is 1. The topological polar surface area (TPSA) is 86.9 Å². The van der Waals surface area contributed by atoms with Crippen LogP contribution < -0.4 is 19.8 Å². The van der Waals surface area contributed by atoms with Crippen LogP contribution in [0.5, 0.6) is 17.2 Å². The normalized spacial score (nSPS) is 10.5. The van der Waals surface area contributed by atoms with E-state index in [0.29, 0.717) is 39.1 Å². The number of aromatic amines is 1. The summed E-state index contributed by atoms with van der Waals surface area (Å²) in [7, 11) is 5.78. The van der Waals surface area contributed by atoms with E-state index < -0.39 is 5.97 Å². The van der Waals surface area contributed by atoms with Crippen molar-refractivity contribution in [1.82, 2.24) is 4.98 Å². The van der Waals surface area contributed by atoms with Gasteiger partial charge >= 0.3 is 5.97 Å². The maximum absolute atomic E-state index is 12.4. The van der Waals surface area contributed by atoms with Gasteiger partial charge in [0, 0.05) is 10.9 Å². The first-order chi connectivity index (χ1) is 13.0. The van der Waals surface area contributed by atoms with E-state index in [4.69, 9.17) is 18.9 Å². The molecule has 0 amide bonds. The van der Waals surface area contributed by atoms with Crippen molar-refractivity contribution in [1.29, 1.82) is 0 Å². The molecule has 0 saturated carbocycles. The lowest BCUT2D eigenvalue weighted by molar-refractivity contribution is 0.0595. The number of ether oxygens (including phenoxy) is 4. The van der Waals surface area contributed by atoms with Gasteiger partial charge in [0.2, 0.25) is 5.75 Å². The van der Waals surface area contributed by atoms with Gasteiger partial charge < -0.3 is 23.9 Å². The van der Waals surface area contributed by atoms with Crippen LogP contribution in [-0.2, 0) is 4.74 Å². The molecule has 7 heteroatoms. The molecule has 3 aromatic rings. The van der Waals surface area contributed by atoms with E-state index in [1.54, 1.807) is 36.4 Å². The SMILES string of the molecule is COC(=O)c1[nH]c(=O)c2ccccc2c1-c1cc(OC)c(OC)c(OC)c1. The van der Waals surface area contributed by atoms with E-state index in [9.17, 15) is 9.59 Å². The van der Waals surface area contributed by atoms with Crippen LogP contribution in [0.3, 0.4) is 0 Å². The summed E-state index contributed by atoms with van der Waals surface area (Å²) in [6.45, 7) is 0. The molecule has 1 aromatic heterocycles. The maximum atomic E-state index is 12.4. The van der Waals surface area contributed by atoms with Crippen molar-refractivity contribution in [3.8, 4) is 28.4 Å². The van der Waals surface area contributed by atoms with Gasteiger partial charge in [-0.25, -0.2) is 4.79 Å². The Morgan fingerprint density at radius 3 is 2.00 bits per heavy atom. The predicted octanol–water partition coefficient (Wildman–Crippen LogP) is 3.01. The summed E-state index contributed by atoms with van der Waals surface area (Å²) in [5, 5.41) is 1.06. The van der Waals surface area contributed by atoms with Gasteiger partial charge in [0.25, 0.3) is 5.56 Å². The highest BCUT2D eigenvalue weighted by molar-refractivity contribution is 6.06. The number of hydrogen-bond donors (Lipinski definition) is 1. The van der Waals surface area contributed by atoms with Crippen LogP contribution in [0, 0.1) is 0 Å². The highest BCUT2D eigenvalue weighted by Gasteiger charge is 2.22. The van der Waals surface area contributed by atoms with E-state index in [-0.39, 0.29) is 11.3 Å². The first kappa shape index (κ1) is 18.3. The lowest BCUT2D eigenvalue weighted by Gasteiger charge is -2.16. The minimum atomic E-state index is -0.651. The monoisotopic (exact) mass is 369 g/mol. The lowest BCUT2D eigenvalue weighted by atomic mass is 9.96. The molecule has 0 saturated heterocycles. The smallest absolute Gasteiger partial charge is 0.355 e. The average molecular weight is 369 g/mol. The van der Waals surface area contributed by atoms with Gasteiger partial charge in [0.1, 0.15) is 5.69 Å². The van der Waals surface area contributed by atoms with Crippen molar-refractivity contribution in [2.45, 2.75) is 0 Å². The third kappa shape index (κ3) is 3.08. The molecular weight excluding hydrogens is 350 g/mol. The number of aromatic nitrogens is 1. The van der Waals surface area contributed by atoms with Crippen molar-refractivity contribution in [3.63, 3.8) is 0 Å². The number of fused-ring (bicyclic) bond motifs is 1. The molecular formula is C20H19NO6. The number of H-pyrrole nitrogens is 1. The predicted molar refractivity (Wildman–Crippen MR) is 101 cm³/mol. The van der Waals surface area contributed by atoms with Crippen molar-refractivity contribution >= 4 is 16.7 Å². The Bertz CT molecular complexity index is 1040. The highest BCUT2D eigenvalue weighted by atomic mass is 16.5. The third-order valence-corrected chi connectivity index (χ3v) is 4.27. The van der Waals surface area contributed by atoms with Crippen LogP contribution in [0.4, 0.5) is 0 Å². The Morgan fingerprint density at radius 1 is 0.889 bits per heavy atom. The fourth-order valence-electron chi connectivity index (χ4n) is 3.06. The summed E-state index contributed by atoms with van der Waals surface area (Å²) < 4.78 is 21.0. The number of carbonyl (C=O) groups is 1. The molecule has 2 aromatic carbocycles. The zero-order chi connectivity index (χ0) is 19.6. The van der Waals surface area contributed by atoms with Crippen molar-refractivity contribution < 1.29 is 23.7 Å². The van der Waals surface area contributed by atoms with E-state index >= 15 is 0 Å². The third-order valence-electron chi connectivity index (χ3n) is 4.27. The molecule has 140 valence electrons. The molecule has 0 spiro atoms. The largest absolute Gasteiger partial charge is 0.493 e. The molecule has 0 atom stereocenters. The molecule has 3 rings (SSSR count). The van der Waals surface area contributed by atoms with Gasteiger partial charge in [0.05, 0.1) is 28.4 Å². The molecule has 0 aliphatic rings. The average Bonchev–Trinajstić information content (AvgIpc) is 2.71. The summed E-state index contributed by atoms with van der Waals surface area (Å²) >= 11 is 0. The minimum Gasteiger partial charge on any atom is -0.493 e. The molecule has 0 unspecified atom stereocenters. The summed E-state index contributed by atoms with van der Waals surface area (Å²) in [6.07, 6.45) is 0. The Morgan fingerprint density at radius 2 is 1.48 bits per heavy atom. The van der Waals surface area contributed by atoms with Crippen LogP contribution in [-0.4, -0.2) is 39.4 Å². The molecule has 0 aliphatic heterocycles. The van der Waals surface area contributed by atoms with Gasteiger partial charge in [-0.1, -0.05) is 18.2 Å². The number of methoxy groups -OCH3 is 4. The standard InChI is InChI=1S/C20H19NO6/c1-24-14-9-11(10-15(25-2)18(14)26-3)16-12-7-5-6-8-13(12)19(22)21-17(16)20(23)27-4/h5-10H,1-4H3,(H,21,22). The zero-order valence-electron chi connectivity index (χ0n) is 15.4. The zero-order valence-corrected chi connectivity index (χ0v) is 15.4. The number of nitrogens with one attached hydrogen (secondary N) is 1. The maximum Gasteiger partial charge on any atom is 0.355 e. The van der Waals surface area contributed by atoms with Crippen molar-refractivity contribution in [2.24, 2.45) is 0 Å². The van der Waals surface area contributed by atoms with E-state index in [1.165, 1.54) is 28.4 Å². The first-order valence-corrected chi connectivity index (χ1v) is 8.09. The Kier molecular flexibility index (Phi) is 5.03. The summed E-state index contributed by atoms with van der Waals surface area (Å²) in [4.78, 5) is 27.4. The van der Waals surface area contributed by atoms with E-state index in [1.807, 2.05) is 0 Å². The molecule has 0 radical (unpaired) electrons. The Balaban J connectivity index is 2.45. The Hall–Kier alpha value is -3.48. The van der Waals surface area contributed by atoms with Gasteiger partial charge in [0.15, 0.2) is 11.5 Å². The molecule has 1 heterocycles. The van der Waals surface area contributed by atoms with Crippen LogP contribution in [0.2, 0.25) is 0 Å². The summed E-state index contributed by atoms with van der Waals surface area (Å²) in [5.74, 6) is 0.634. The first-order valence-electron chi connectivity index (χ1n) is 8.09. The van der Waals surface area contributed by atoms with Crippen LogP contribution in [0.1, 0.15) is 10.5 Å². The van der Waals surface area contributed by atoms with Gasteiger partial charge in [-0.2, -0.15) is 0 Å². The van der Waals surface area contributed by atoms with Crippen LogP contribution in [0.25, 0.3) is 21.9 Å². The number of esters is 1. The number of rotatable bonds is 5. The van der Waals surface area contributed by atoms with Gasteiger partial charge in [-0.3, -0.25) is 4.79 Å². The summed E-state index contributed by atoms with van der Waals surface area (Å²) in [6, 6.07) is 10.5. The van der Waals surface area contributed by atoms with Crippen molar-refractivity contribution in [2.75, 3.05) is 28.4 Å². The second kappa shape index (κ2) is 7.41. The molecule has 27 heavy (non-hydrogen) atoms. The fourth-order valence-corrected chi connectivity index (χ4v) is 3.06. The van der Waals surface area contributed by atoms with Crippen LogP contribution in [0.15, 0.2) is 41.2 Å².